The van der Waals surface area contributed by atoms with Gasteiger partial charge in [0, 0.05) is 24.9 Å². The van der Waals surface area contributed by atoms with Crippen molar-refractivity contribution < 1.29 is 4.74 Å². The first-order valence-corrected chi connectivity index (χ1v) is 5.05. The molecule has 1 aromatic rings. The van der Waals surface area contributed by atoms with Crippen LogP contribution in [0.25, 0.3) is 0 Å². The number of rotatable bonds is 5. The molecule has 0 N–H and O–H groups in total. The van der Waals surface area contributed by atoms with E-state index in [-0.39, 0.29) is 5.56 Å². The second-order valence-corrected chi connectivity index (χ2v) is 3.08. The zero-order valence-corrected chi connectivity index (χ0v) is 8.82. The van der Waals surface area contributed by atoms with E-state index in [1.807, 2.05) is 26.0 Å². The van der Waals surface area contributed by atoms with Crippen LogP contribution in [0.15, 0.2) is 23.1 Å². The maximum absolute atomic E-state index is 11.7. The lowest BCUT2D eigenvalue weighted by atomic mass is 10.2. The van der Waals surface area contributed by atoms with Gasteiger partial charge in [0.05, 0.1) is 6.61 Å². The smallest absolute Gasteiger partial charge is 0.253 e. The first-order valence-electron chi connectivity index (χ1n) is 5.05. The normalized spacial score (nSPS) is 10.4. The summed E-state index contributed by atoms with van der Waals surface area (Å²) in [5, 5.41) is 0. The Morgan fingerprint density at radius 2 is 2.21 bits per heavy atom. The number of pyridine rings is 1. The van der Waals surface area contributed by atoms with E-state index < -0.39 is 0 Å². The van der Waals surface area contributed by atoms with Crippen molar-refractivity contribution in [2.45, 2.75) is 26.8 Å². The number of aromatic nitrogens is 1. The van der Waals surface area contributed by atoms with Gasteiger partial charge < -0.3 is 9.30 Å². The number of hydrogen-bond acceptors (Lipinski definition) is 2. The van der Waals surface area contributed by atoms with Crippen LogP contribution in [0, 0.1) is 0 Å². The van der Waals surface area contributed by atoms with Crippen LogP contribution in [0.3, 0.4) is 0 Å². The largest absolute Gasteiger partial charge is 0.380 e. The molecule has 0 radical (unpaired) electrons. The van der Waals surface area contributed by atoms with Gasteiger partial charge in [-0.25, -0.2) is 0 Å². The van der Waals surface area contributed by atoms with Gasteiger partial charge in [-0.15, -0.1) is 0 Å². The molecule has 3 heteroatoms. The minimum Gasteiger partial charge on any atom is -0.380 e. The van der Waals surface area contributed by atoms with Crippen LogP contribution in [0.4, 0.5) is 0 Å². The van der Waals surface area contributed by atoms with Crippen LogP contribution in [0.5, 0.6) is 0 Å². The molecule has 0 bridgehead atoms. The average molecular weight is 195 g/mol. The summed E-state index contributed by atoms with van der Waals surface area (Å²) < 4.78 is 6.91. The van der Waals surface area contributed by atoms with Crippen molar-refractivity contribution in [2.75, 3.05) is 13.2 Å². The van der Waals surface area contributed by atoms with Crippen molar-refractivity contribution in [3.8, 4) is 0 Å². The Morgan fingerprint density at radius 1 is 1.43 bits per heavy atom. The van der Waals surface area contributed by atoms with E-state index in [0.29, 0.717) is 19.8 Å². The minimum absolute atomic E-state index is 0.106. The van der Waals surface area contributed by atoms with E-state index in [4.69, 9.17) is 4.74 Å². The predicted molar refractivity (Wildman–Crippen MR) is 56.6 cm³/mol. The van der Waals surface area contributed by atoms with E-state index in [0.717, 1.165) is 12.0 Å². The summed E-state index contributed by atoms with van der Waals surface area (Å²) in [5.41, 5.74) is 0.971. The average Bonchev–Trinajstić information content (AvgIpc) is 2.21. The van der Waals surface area contributed by atoms with Gasteiger partial charge >= 0.3 is 0 Å². The third-order valence-corrected chi connectivity index (χ3v) is 2.16. The standard InChI is InChI=1S/C11H17NO2/c1-3-10-6-5-7-12(11(10)13)8-9-14-4-2/h5-7H,3-4,8-9H2,1-2H3. The van der Waals surface area contributed by atoms with E-state index in [1.54, 1.807) is 10.8 Å². The number of hydrogen-bond donors (Lipinski definition) is 0. The molecule has 1 aromatic heterocycles. The zero-order chi connectivity index (χ0) is 10.4. The maximum Gasteiger partial charge on any atom is 0.253 e. The van der Waals surface area contributed by atoms with Gasteiger partial charge in [-0.05, 0) is 19.4 Å². The molecule has 0 unspecified atom stereocenters. The fourth-order valence-electron chi connectivity index (χ4n) is 1.34. The summed E-state index contributed by atoms with van der Waals surface area (Å²) in [7, 11) is 0. The van der Waals surface area contributed by atoms with Crippen molar-refractivity contribution in [3.63, 3.8) is 0 Å². The molecule has 3 nitrogen and oxygen atoms in total. The van der Waals surface area contributed by atoms with E-state index >= 15 is 0 Å². The minimum atomic E-state index is 0.106. The molecule has 1 heterocycles. The molecule has 78 valence electrons. The first kappa shape index (κ1) is 11.0. The summed E-state index contributed by atoms with van der Waals surface area (Å²) in [4.78, 5) is 11.7. The Kier molecular flexibility index (Phi) is 4.40. The number of aryl methyl sites for hydroxylation is 1. The number of nitrogens with zero attached hydrogens (tertiary/aromatic N) is 1. The van der Waals surface area contributed by atoms with E-state index in [2.05, 4.69) is 0 Å². The Hall–Kier alpha value is -1.09. The van der Waals surface area contributed by atoms with Gasteiger partial charge in [-0.2, -0.15) is 0 Å². The third-order valence-electron chi connectivity index (χ3n) is 2.16. The Morgan fingerprint density at radius 3 is 2.86 bits per heavy atom. The molecule has 0 fully saturated rings. The molecule has 0 amide bonds. The molecule has 0 aliphatic rings. The third kappa shape index (κ3) is 2.70. The maximum atomic E-state index is 11.7. The molecule has 0 aromatic carbocycles. The lowest BCUT2D eigenvalue weighted by molar-refractivity contribution is 0.138. The molecule has 0 aliphatic heterocycles. The Bertz CT molecular complexity index is 330. The highest BCUT2D eigenvalue weighted by Gasteiger charge is 1.99. The highest BCUT2D eigenvalue weighted by atomic mass is 16.5. The molecular weight excluding hydrogens is 178 g/mol. The molecule has 0 saturated heterocycles. The molecular formula is C11H17NO2. The summed E-state index contributed by atoms with van der Waals surface area (Å²) >= 11 is 0. The number of ether oxygens (including phenoxy) is 1. The highest BCUT2D eigenvalue weighted by molar-refractivity contribution is 5.09. The predicted octanol–water partition coefficient (Wildman–Crippen LogP) is 1.45. The summed E-state index contributed by atoms with van der Waals surface area (Å²) in [6.45, 7) is 5.88. The lowest BCUT2D eigenvalue weighted by Crippen LogP contribution is -2.24. The first-order chi connectivity index (χ1) is 6.79. The van der Waals surface area contributed by atoms with Crippen molar-refractivity contribution in [3.05, 3.63) is 34.2 Å². The van der Waals surface area contributed by atoms with Gasteiger partial charge in [0.25, 0.3) is 5.56 Å². The van der Waals surface area contributed by atoms with Gasteiger partial charge in [0.2, 0.25) is 0 Å². The topological polar surface area (TPSA) is 31.2 Å². The van der Waals surface area contributed by atoms with Crippen molar-refractivity contribution in [1.82, 2.24) is 4.57 Å². The molecule has 1 rings (SSSR count). The van der Waals surface area contributed by atoms with Gasteiger partial charge in [-0.1, -0.05) is 13.0 Å². The van der Waals surface area contributed by atoms with Crippen LogP contribution < -0.4 is 5.56 Å². The summed E-state index contributed by atoms with van der Waals surface area (Å²) in [6.07, 6.45) is 2.59. The molecule has 14 heavy (non-hydrogen) atoms. The zero-order valence-electron chi connectivity index (χ0n) is 8.82. The van der Waals surface area contributed by atoms with Crippen LogP contribution in [-0.2, 0) is 17.7 Å². The van der Waals surface area contributed by atoms with Gasteiger partial charge in [-0.3, -0.25) is 4.79 Å². The fraction of sp³-hybridized carbons (Fsp3) is 0.545. The van der Waals surface area contributed by atoms with Crippen molar-refractivity contribution in [1.29, 1.82) is 0 Å². The molecule has 0 atom stereocenters. The molecule has 0 saturated carbocycles. The van der Waals surface area contributed by atoms with Crippen LogP contribution in [0.2, 0.25) is 0 Å². The summed E-state index contributed by atoms with van der Waals surface area (Å²) in [6, 6.07) is 3.78. The lowest BCUT2D eigenvalue weighted by Gasteiger charge is -2.06. The second kappa shape index (κ2) is 5.60. The van der Waals surface area contributed by atoms with Gasteiger partial charge in [0.15, 0.2) is 0 Å². The Labute approximate surface area is 84.3 Å². The van der Waals surface area contributed by atoms with E-state index in [1.165, 1.54) is 0 Å². The van der Waals surface area contributed by atoms with E-state index in [9.17, 15) is 4.79 Å². The van der Waals surface area contributed by atoms with Crippen LogP contribution in [0.1, 0.15) is 19.4 Å². The van der Waals surface area contributed by atoms with Crippen LogP contribution >= 0.6 is 0 Å². The Balaban J connectivity index is 2.72. The quantitative estimate of drug-likeness (QED) is 0.666. The highest BCUT2D eigenvalue weighted by Crippen LogP contribution is 1.92. The monoisotopic (exact) mass is 195 g/mol. The molecule has 0 spiro atoms. The SMILES string of the molecule is CCOCCn1cccc(CC)c1=O. The fourth-order valence-corrected chi connectivity index (χ4v) is 1.34. The van der Waals surface area contributed by atoms with Gasteiger partial charge in [0.1, 0.15) is 0 Å². The molecule has 0 aliphatic carbocycles. The van der Waals surface area contributed by atoms with Crippen molar-refractivity contribution in [2.24, 2.45) is 0 Å². The second-order valence-electron chi connectivity index (χ2n) is 3.08. The van der Waals surface area contributed by atoms with Crippen LogP contribution in [-0.4, -0.2) is 17.8 Å². The summed E-state index contributed by atoms with van der Waals surface area (Å²) in [5.74, 6) is 0. The van der Waals surface area contributed by atoms with Crippen molar-refractivity contribution >= 4 is 0 Å².